The molecule has 2 aromatic heterocycles. The highest BCUT2D eigenvalue weighted by Crippen LogP contribution is 2.36. The van der Waals surface area contributed by atoms with Crippen LogP contribution in [0.25, 0.3) is 32.8 Å². The molecule has 0 saturated carbocycles. The summed E-state index contributed by atoms with van der Waals surface area (Å²) in [6, 6.07) is 12.8. The number of pyridine rings is 1. The van der Waals surface area contributed by atoms with Gasteiger partial charge in [-0.1, -0.05) is 39.0 Å². The SMILES string of the molecule is CNc1ncc2cc(-c3c(C)ccc4c(NC5CC(C(C)(C)C)=NN5C)nccc34)ccc2n1. The van der Waals surface area contributed by atoms with E-state index in [9.17, 15) is 0 Å². The van der Waals surface area contributed by atoms with E-state index in [1.54, 1.807) is 0 Å². The van der Waals surface area contributed by atoms with Crippen molar-refractivity contribution in [3.8, 4) is 11.1 Å². The third-order valence-corrected chi connectivity index (χ3v) is 6.53. The Kier molecular flexibility index (Phi) is 5.35. The monoisotopic (exact) mass is 453 g/mol. The van der Waals surface area contributed by atoms with Gasteiger partial charge in [-0.3, -0.25) is 5.01 Å². The van der Waals surface area contributed by atoms with E-state index in [1.807, 2.05) is 31.5 Å². The maximum absolute atomic E-state index is 4.78. The summed E-state index contributed by atoms with van der Waals surface area (Å²) in [7, 11) is 3.85. The number of aryl methyl sites for hydroxylation is 1. The van der Waals surface area contributed by atoms with Crippen molar-refractivity contribution in [2.24, 2.45) is 10.5 Å². The zero-order valence-electron chi connectivity index (χ0n) is 20.6. The molecule has 5 rings (SSSR count). The van der Waals surface area contributed by atoms with Gasteiger partial charge in [0, 0.05) is 54.8 Å². The molecule has 34 heavy (non-hydrogen) atoms. The maximum atomic E-state index is 4.78. The van der Waals surface area contributed by atoms with Crippen LogP contribution < -0.4 is 10.6 Å². The average molecular weight is 454 g/mol. The van der Waals surface area contributed by atoms with Crippen LogP contribution in [0, 0.1) is 12.3 Å². The molecule has 0 spiro atoms. The molecular weight excluding hydrogens is 422 g/mol. The number of benzene rings is 2. The predicted octanol–water partition coefficient (Wildman–Crippen LogP) is 5.67. The summed E-state index contributed by atoms with van der Waals surface area (Å²) in [6.45, 7) is 8.78. The molecule has 3 heterocycles. The fourth-order valence-electron chi connectivity index (χ4n) is 4.55. The van der Waals surface area contributed by atoms with Gasteiger partial charge in [-0.05, 0) is 47.2 Å². The van der Waals surface area contributed by atoms with Gasteiger partial charge >= 0.3 is 0 Å². The summed E-state index contributed by atoms with van der Waals surface area (Å²) in [6.07, 6.45) is 4.71. The van der Waals surface area contributed by atoms with Crippen molar-refractivity contribution >= 4 is 39.2 Å². The normalized spacial score (nSPS) is 16.2. The summed E-state index contributed by atoms with van der Waals surface area (Å²) in [4.78, 5) is 13.7. The molecule has 1 atom stereocenters. The van der Waals surface area contributed by atoms with Gasteiger partial charge < -0.3 is 10.6 Å². The van der Waals surface area contributed by atoms with Gasteiger partial charge in [0.05, 0.1) is 5.52 Å². The molecule has 4 aromatic rings. The van der Waals surface area contributed by atoms with Crippen molar-refractivity contribution in [1.82, 2.24) is 20.0 Å². The standard InChI is InChI=1S/C27H31N7/c1-16-7-9-20-19(24(16)17-8-10-21-18(13-17)15-30-26(28-5)31-21)11-12-29-25(20)32-23-14-22(27(2,3)4)33-34(23)6/h7-13,15,23H,14H2,1-6H3,(H,29,32)(H,28,30,31). The second-order valence-corrected chi connectivity index (χ2v) is 9.96. The fraction of sp³-hybridized carbons (Fsp3) is 0.333. The number of nitrogens with one attached hydrogen (secondary N) is 2. The lowest BCUT2D eigenvalue weighted by Crippen LogP contribution is -2.32. The van der Waals surface area contributed by atoms with Crippen LogP contribution in [-0.4, -0.2) is 45.9 Å². The molecule has 7 nitrogen and oxygen atoms in total. The molecule has 0 aliphatic carbocycles. The summed E-state index contributed by atoms with van der Waals surface area (Å²) in [5.41, 5.74) is 5.73. The van der Waals surface area contributed by atoms with Crippen molar-refractivity contribution in [2.45, 2.75) is 40.3 Å². The Bertz CT molecular complexity index is 1420. The number of aromatic nitrogens is 3. The number of hydrogen-bond acceptors (Lipinski definition) is 7. The fourth-order valence-corrected chi connectivity index (χ4v) is 4.55. The minimum Gasteiger partial charge on any atom is -0.357 e. The van der Waals surface area contributed by atoms with Gasteiger partial charge in [-0.15, -0.1) is 0 Å². The molecular formula is C27H31N7. The van der Waals surface area contributed by atoms with E-state index in [2.05, 4.69) is 84.7 Å². The van der Waals surface area contributed by atoms with Gasteiger partial charge in [-0.25, -0.2) is 15.0 Å². The molecule has 0 fully saturated rings. The van der Waals surface area contributed by atoms with E-state index < -0.39 is 0 Å². The molecule has 1 aliphatic rings. The first-order valence-corrected chi connectivity index (χ1v) is 11.6. The van der Waals surface area contributed by atoms with Crippen molar-refractivity contribution in [3.63, 3.8) is 0 Å². The Morgan fingerprint density at radius 1 is 1.03 bits per heavy atom. The number of hydrazone groups is 1. The van der Waals surface area contributed by atoms with Crippen LogP contribution in [-0.2, 0) is 0 Å². The lowest BCUT2D eigenvalue weighted by atomic mass is 9.88. The van der Waals surface area contributed by atoms with Gasteiger partial charge in [0.25, 0.3) is 0 Å². The number of fused-ring (bicyclic) bond motifs is 2. The first-order valence-electron chi connectivity index (χ1n) is 11.6. The van der Waals surface area contributed by atoms with Gasteiger partial charge in [0.2, 0.25) is 5.95 Å². The van der Waals surface area contributed by atoms with E-state index in [0.717, 1.165) is 34.1 Å². The van der Waals surface area contributed by atoms with Crippen LogP contribution in [0.1, 0.15) is 32.8 Å². The smallest absolute Gasteiger partial charge is 0.222 e. The van der Waals surface area contributed by atoms with E-state index in [1.165, 1.54) is 22.2 Å². The third-order valence-electron chi connectivity index (χ3n) is 6.53. The minimum absolute atomic E-state index is 0.0505. The topological polar surface area (TPSA) is 78.3 Å². The molecule has 2 N–H and O–H groups in total. The molecule has 1 unspecified atom stereocenters. The van der Waals surface area contributed by atoms with E-state index >= 15 is 0 Å². The molecule has 1 aliphatic heterocycles. The van der Waals surface area contributed by atoms with Crippen molar-refractivity contribution < 1.29 is 0 Å². The Morgan fingerprint density at radius 2 is 1.85 bits per heavy atom. The van der Waals surface area contributed by atoms with Crippen LogP contribution in [0.3, 0.4) is 0 Å². The van der Waals surface area contributed by atoms with Crippen LogP contribution >= 0.6 is 0 Å². The number of anilines is 2. The highest BCUT2D eigenvalue weighted by atomic mass is 15.5. The summed E-state index contributed by atoms with van der Waals surface area (Å²) in [5, 5.41) is 16.7. The van der Waals surface area contributed by atoms with E-state index in [4.69, 9.17) is 10.1 Å². The Morgan fingerprint density at radius 3 is 2.59 bits per heavy atom. The molecule has 0 amide bonds. The molecule has 174 valence electrons. The zero-order valence-corrected chi connectivity index (χ0v) is 20.6. The Balaban J connectivity index is 1.55. The van der Waals surface area contributed by atoms with Crippen molar-refractivity contribution in [1.29, 1.82) is 0 Å². The highest BCUT2D eigenvalue weighted by Gasteiger charge is 2.31. The van der Waals surface area contributed by atoms with E-state index in [-0.39, 0.29) is 11.6 Å². The lowest BCUT2D eigenvalue weighted by Gasteiger charge is -2.22. The molecule has 0 radical (unpaired) electrons. The Labute approximate surface area is 200 Å². The second kappa shape index (κ2) is 8.24. The minimum atomic E-state index is 0.0505. The quantitative estimate of drug-likeness (QED) is 0.414. The van der Waals surface area contributed by atoms with Gasteiger partial charge in [0.15, 0.2) is 0 Å². The predicted molar refractivity (Wildman–Crippen MR) is 141 cm³/mol. The molecule has 2 aromatic carbocycles. The lowest BCUT2D eigenvalue weighted by molar-refractivity contribution is 0.311. The first kappa shape index (κ1) is 22.1. The van der Waals surface area contributed by atoms with Crippen molar-refractivity contribution in [3.05, 3.63) is 54.4 Å². The Hall–Kier alpha value is -3.74. The van der Waals surface area contributed by atoms with Crippen LogP contribution in [0.2, 0.25) is 0 Å². The molecule has 0 saturated heterocycles. The summed E-state index contributed by atoms with van der Waals surface area (Å²) in [5.74, 6) is 1.50. The number of hydrogen-bond donors (Lipinski definition) is 2. The first-order chi connectivity index (χ1) is 16.2. The summed E-state index contributed by atoms with van der Waals surface area (Å²) >= 11 is 0. The molecule has 0 bridgehead atoms. The van der Waals surface area contributed by atoms with Crippen LogP contribution in [0.4, 0.5) is 11.8 Å². The largest absolute Gasteiger partial charge is 0.357 e. The highest BCUT2D eigenvalue weighted by molar-refractivity contribution is 6.04. The third kappa shape index (κ3) is 3.91. The van der Waals surface area contributed by atoms with Crippen LogP contribution in [0.15, 0.2) is 53.9 Å². The second-order valence-electron chi connectivity index (χ2n) is 9.96. The zero-order chi connectivity index (χ0) is 24.0. The van der Waals surface area contributed by atoms with Gasteiger partial charge in [0.1, 0.15) is 12.0 Å². The summed E-state index contributed by atoms with van der Waals surface area (Å²) < 4.78 is 0. The van der Waals surface area contributed by atoms with Crippen LogP contribution in [0.5, 0.6) is 0 Å². The van der Waals surface area contributed by atoms with Gasteiger partial charge in [-0.2, -0.15) is 5.10 Å². The van der Waals surface area contributed by atoms with Crippen molar-refractivity contribution in [2.75, 3.05) is 24.7 Å². The average Bonchev–Trinajstić information content (AvgIpc) is 3.19. The van der Waals surface area contributed by atoms with E-state index in [0.29, 0.717) is 5.95 Å². The number of rotatable bonds is 4. The maximum Gasteiger partial charge on any atom is 0.222 e. The molecule has 7 heteroatoms. The number of nitrogens with zero attached hydrogens (tertiary/aromatic N) is 5.